The normalized spacial score (nSPS) is 44.1. The number of hydrogen-bond donors (Lipinski definition) is 1. The zero-order valence-electron chi connectivity index (χ0n) is 13.2. The van der Waals surface area contributed by atoms with Crippen LogP contribution in [0.15, 0.2) is 6.20 Å². The molecule has 114 valence electrons. The summed E-state index contributed by atoms with van der Waals surface area (Å²) >= 11 is 2.31. The van der Waals surface area contributed by atoms with Crippen LogP contribution in [0.4, 0.5) is 5.82 Å². The van der Waals surface area contributed by atoms with E-state index in [1.807, 2.05) is 13.2 Å². The SMILES string of the molecule is CNc1nc(C23CC4CC(C)(CC(C)(C4)C2)C3)ncc1I. The van der Waals surface area contributed by atoms with Crippen molar-refractivity contribution in [3.8, 4) is 0 Å². The van der Waals surface area contributed by atoms with E-state index in [0.717, 1.165) is 21.1 Å². The Kier molecular flexibility index (Phi) is 2.93. The van der Waals surface area contributed by atoms with Crippen LogP contribution >= 0.6 is 22.6 Å². The number of hydrogen-bond acceptors (Lipinski definition) is 3. The first kappa shape index (κ1) is 14.2. The molecule has 4 saturated carbocycles. The van der Waals surface area contributed by atoms with E-state index in [2.05, 4.69) is 41.8 Å². The maximum atomic E-state index is 4.91. The fourth-order valence-corrected chi connectivity index (χ4v) is 7.02. The van der Waals surface area contributed by atoms with Crippen LogP contribution in [-0.4, -0.2) is 17.0 Å². The van der Waals surface area contributed by atoms with E-state index in [4.69, 9.17) is 9.97 Å². The van der Waals surface area contributed by atoms with Gasteiger partial charge in [-0.3, -0.25) is 0 Å². The summed E-state index contributed by atoms with van der Waals surface area (Å²) < 4.78 is 1.11. The molecule has 4 fully saturated rings. The van der Waals surface area contributed by atoms with Gasteiger partial charge in [-0.2, -0.15) is 0 Å². The van der Waals surface area contributed by atoms with Gasteiger partial charge in [-0.15, -0.1) is 0 Å². The molecule has 0 aliphatic heterocycles. The highest BCUT2D eigenvalue weighted by Gasteiger charge is 2.61. The molecule has 3 nitrogen and oxygen atoms in total. The van der Waals surface area contributed by atoms with Crippen molar-refractivity contribution in [1.82, 2.24) is 9.97 Å². The van der Waals surface area contributed by atoms with E-state index in [0.29, 0.717) is 10.8 Å². The summed E-state index contributed by atoms with van der Waals surface area (Å²) in [7, 11) is 1.95. The number of nitrogens with one attached hydrogen (secondary N) is 1. The van der Waals surface area contributed by atoms with Crippen molar-refractivity contribution < 1.29 is 0 Å². The van der Waals surface area contributed by atoms with Gasteiger partial charge >= 0.3 is 0 Å². The minimum atomic E-state index is 0.235. The van der Waals surface area contributed by atoms with Crippen molar-refractivity contribution in [3.63, 3.8) is 0 Å². The lowest BCUT2D eigenvalue weighted by molar-refractivity contribution is -0.112. The molecule has 0 saturated heterocycles. The van der Waals surface area contributed by atoms with Crippen molar-refractivity contribution in [2.24, 2.45) is 16.7 Å². The maximum Gasteiger partial charge on any atom is 0.142 e. The van der Waals surface area contributed by atoms with Crippen LogP contribution in [0.1, 0.15) is 58.2 Å². The van der Waals surface area contributed by atoms with Crippen molar-refractivity contribution in [2.75, 3.05) is 12.4 Å². The monoisotopic (exact) mass is 397 g/mol. The molecule has 4 aliphatic carbocycles. The summed E-state index contributed by atoms with van der Waals surface area (Å²) in [5.74, 6) is 2.98. The molecule has 0 spiro atoms. The van der Waals surface area contributed by atoms with Gasteiger partial charge in [0.2, 0.25) is 0 Å². The van der Waals surface area contributed by atoms with Gasteiger partial charge in [0.25, 0.3) is 0 Å². The smallest absolute Gasteiger partial charge is 0.142 e. The van der Waals surface area contributed by atoms with E-state index in [9.17, 15) is 0 Å². The third kappa shape index (κ3) is 2.12. The average molecular weight is 397 g/mol. The molecule has 4 heteroatoms. The molecule has 0 radical (unpaired) electrons. The number of aromatic nitrogens is 2. The minimum absolute atomic E-state index is 0.235. The lowest BCUT2D eigenvalue weighted by Gasteiger charge is -2.64. The zero-order chi connectivity index (χ0) is 14.9. The van der Waals surface area contributed by atoms with E-state index in [1.165, 1.54) is 38.5 Å². The standard InChI is InChI=1S/C17H24IN3/c1-15-4-11-5-16(2,8-15)10-17(6-11,9-15)14-20-7-12(18)13(19-3)21-14/h7,11H,4-6,8-10H2,1-3H3,(H,19,20,21). The number of nitrogens with zero attached hydrogens (tertiary/aromatic N) is 2. The molecule has 4 bridgehead atoms. The topological polar surface area (TPSA) is 37.8 Å². The molecule has 21 heavy (non-hydrogen) atoms. The van der Waals surface area contributed by atoms with Gasteiger partial charge in [0.1, 0.15) is 11.6 Å². The largest absolute Gasteiger partial charge is 0.372 e. The number of halogens is 1. The molecule has 1 heterocycles. The van der Waals surface area contributed by atoms with Gasteiger partial charge < -0.3 is 5.32 Å². The first-order valence-corrected chi connectivity index (χ1v) is 9.14. The predicted molar refractivity (Wildman–Crippen MR) is 93.4 cm³/mol. The van der Waals surface area contributed by atoms with E-state index >= 15 is 0 Å². The highest BCUT2D eigenvalue weighted by Crippen LogP contribution is 2.69. The Morgan fingerprint density at radius 3 is 2.38 bits per heavy atom. The summed E-state index contributed by atoms with van der Waals surface area (Å²) in [5, 5.41) is 3.23. The highest BCUT2D eigenvalue weighted by atomic mass is 127. The lowest BCUT2D eigenvalue weighted by Crippen LogP contribution is -2.57. The molecule has 5 rings (SSSR count). The van der Waals surface area contributed by atoms with Crippen molar-refractivity contribution in [3.05, 3.63) is 15.6 Å². The second-order valence-corrected chi connectivity index (χ2v) is 9.71. The van der Waals surface area contributed by atoms with Crippen molar-refractivity contribution in [2.45, 2.75) is 57.8 Å². The number of rotatable bonds is 2. The van der Waals surface area contributed by atoms with Crippen LogP contribution in [-0.2, 0) is 5.41 Å². The quantitative estimate of drug-likeness (QED) is 0.754. The molecule has 2 atom stereocenters. The Labute approximate surface area is 140 Å². The highest BCUT2D eigenvalue weighted by molar-refractivity contribution is 14.1. The van der Waals surface area contributed by atoms with Crippen LogP contribution in [0.25, 0.3) is 0 Å². The summed E-state index contributed by atoms with van der Waals surface area (Å²) in [6, 6.07) is 0. The summed E-state index contributed by atoms with van der Waals surface area (Å²) in [4.78, 5) is 9.69. The Balaban J connectivity index is 1.80. The second kappa shape index (κ2) is 4.33. The Morgan fingerprint density at radius 1 is 1.14 bits per heavy atom. The fraction of sp³-hybridized carbons (Fsp3) is 0.765. The first-order chi connectivity index (χ1) is 9.85. The molecule has 2 unspecified atom stereocenters. The Hall–Kier alpha value is -0.390. The van der Waals surface area contributed by atoms with Crippen LogP contribution < -0.4 is 5.32 Å². The average Bonchev–Trinajstić information content (AvgIpc) is 2.34. The van der Waals surface area contributed by atoms with Crippen LogP contribution in [0.5, 0.6) is 0 Å². The van der Waals surface area contributed by atoms with Gasteiger partial charge in [-0.05, 0) is 77.9 Å². The van der Waals surface area contributed by atoms with E-state index in [-0.39, 0.29) is 5.41 Å². The minimum Gasteiger partial charge on any atom is -0.372 e. The van der Waals surface area contributed by atoms with E-state index < -0.39 is 0 Å². The third-order valence-corrected chi connectivity index (χ3v) is 6.87. The predicted octanol–water partition coefficient (Wildman–Crippen LogP) is 4.37. The molecule has 1 aromatic rings. The summed E-state index contributed by atoms with van der Waals surface area (Å²) in [6.45, 7) is 5.02. The number of anilines is 1. The first-order valence-electron chi connectivity index (χ1n) is 8.06. The fourth-order valence-electron chi connectivity index (χ4n) is 6.50. The van der Waals surface area contributed by atoms with Crippen LogP contribution in [0.2, 0.25) is 0 Å². The molecule has 1 aromatic heterocycles. The van der Waals surface area contributed by atoms with Gasteiger partial charge in [0, 0.05) is 18.7 Å². The van der Waals surface area contributed by atoms with Crippen LogP contribution in [0.3, 0.4) is 0 Å². The molecule has 1 N–H and O–H groups in total. The molecule has 4 aliphatic rings. The van der Waals surface area contributed by atoms with Gasteiger partial charge in [0.05, 0.1) is 3.57 Å². The molecule has 0 aromatic carbocycles. The second-order valence-electron chi connectivity index (χ2n) is 8.55. The van der Waals surface area contributed by atoms with Crippen molar-refractivity contribution >= 4 is 28.4 Å². The van der Waals surface area contributed by atoms with Gasteiger partial charge in [-0.1, -0.05) is 13.8 Å². The van der Waals surface area contributed by atoms with Crippen LogP contribution in [0, 0.1) is 20.3 Å². The van der Waals surface area contributed by atoms with Gasteiger partial charge in [0.15, 0.2) is 0 Å². The van der Waals surface area contributed by atoms with Crippen molar-refractivity contribution in [1.29, 1.82) is 0 Å². The lowest BCUT2D eigenvalue weighted by atomic mass is 9.40. The maximum absolute atomic E-state index is 4.91. The Morgan fingerprint density at radius 2 is 1.81 bits per heavy atom. The summed E-state index contributed by atoms with van der Waals surface area (Å²) in [5.41, 5.74) is 1.26. The molecular weight excluding hydrogens is 373 g/mol. The molecular formula is C17H24IN3. The third-order valence-electron chi connectivity index (χ3n) is 6.08. The Bertz CT molecular complexity index is 582. The summed E-state index contributed by atoms with van der Waals surface area (Å²) in [6.07, 6.45) is 10.1. The molecule has 0 amide bonds. The van der Waals surface area contributed by atoms with Gasteiger partial charge in [-0.25, -0.2) is 9.97 Å². The zero-order valence-corrected chi connectivity index (χ0v) is 15.3. The van der Waals surface area contributed by atoms with E-state index in [1.54, 1.807) is 0 Å².